The topological polar surface area (TPSA) is 38.5 Å². The second-order valence-electron chi connectivity index (χ2n) is 4.72. The molecule has 0 amide bonds. The quantitative estimate of drug-likeness (QED) is 0.807. The molecule has 1 aromatic rings. The third kappa shape index (κ3) is 3.80. The second kappa shape index (κ2) is 7.52. The van der Waals surface area contributed by atoms with E-state index in [0.717, 1.165) is 19.7 Å². The summed E-state index contributed by atoms with van der Waals surface area (Å²) in [6.07, 6.45) is 0. The molecular weight excluding hydrogens is 224 g/mol. The number of nitrogens with two attached hydrogens (primary N) is 1. The maximum Gasteiger partial charge on any atom is 0.0589 e. The molecule has 2 N–H and O–H groups in total. The van der Waals surface area contributed by atoms with Crippen LogP contribution >= 0.6 is 0 Å². The highest BCUT2D eigenvalue weighted by atomic mass is 16.5. The van der Waals surface area contributed by atoms with Crippen LogP contribution in [0, 0.1) is 13.8 Å². The third-order valence-electron chi connectivity index (χ3n) is 3.57. The number of hydrogen-bond acceptors (Lipinski definition) is 3. The van der Waals surface area contributed by atoms with Crippen LogP contribution < -0.4 is 5.73 Å². The molecule has 1 rings (SSSR count). The molecule has 3 heteroatoms. The van der Waals surface area contributed by atoms with Gasteiger partial charge >= 0.3 is 0 Å². The minimum atomic E-state index is 0.282. The van der Waals surface area contributed by atoms with Crippen molar-refractivity contribution in [1.29, 1.82) is 0 Å². The van der Waals surface area contributed by atoms with Gasteiger partial charge in [-0.1, -0.05) is 25.1 Å². The minimum absolute atomic E-state index is 0.282. The van der Waals surface area contributed by atoms with Gasteiger partial charge in [0.1, 0.15) is 0 Å². The van der Waals surface area contributed by atoms with Gasteiger partial charge in [0.25, 0.3) is 0 Å². The molecule has 102 valence electrons. The van der Waals surface area contributed by atoms with E-state index in [0.29, 0.717) is 6.54 Å². The molecule has 0 aliphatic heterocycles. The van der Waals surface area contributed by atoms with E-state index in [1.807, 2.05) is 0 Å². The van der Waals surface area contributed by atoms with Crippen molar-refractivity contribution in [2.24, 2.45) is 5.73 Å². The Morgan fingerprint density at radius 3 is 2.50 bits per heavy atom. The van der Waals surface area contributed by atoms with E-state index in [1.54, 1.807) is 7.11 Å². The van der Waals surface area contributed by atoms with Gasteiger partial charge in [-0.2, -0.15) is 0 Å². The van der Waals surface area contributed by atoms with E-state index >= 15 is 0 Å². The van der Waals surface area contributed by atoms with Gasteiger partial charge in [0.15, 0.2) is 0 Å². The molecule has 1 atom stereocenters. The average Bonchev–Trinajstić information content (AvgIpc) is 2.38. The number of methoxy groups -OCH3 is 1. The SMILES string of the molecule is CCN(CCOC)C(CN)c1ccc(C)c(C)c1. The van der Waals surface area contributed by atoms with Gasteiger partial charge < -0.3 is 10.5 Å². The second-order valence-corrected chi connectivity index (χ2v) is 4.72. The van der Waals surface area contributed by atoms with Crippen LogP contribution in [0.1, 0.15) is 29.7 Å². The molecule has 0 aromatic heterocycles. The number of benzene rings is 1. The Morgan fingerprint density at radius 1 is 1.28 bits per heavy atom. The summed E-state index contributed by atoms with van der Waals surface area (Å²) in [5, 5.41) is 0. The summed E-state index contributed by atoms with van der Waals surface area (Å²) in [6.45, 7) is 9.74. The molecular formula is C15H26N2O. The van der Waals surface area contributed by atoms with E-state index in [-0.39, 0.29) is 6.04 Å². The molecule has 0 spiro atoms. The van der Waals surface area contributed by atoms with E-state index in [9.17, 15) is 0 Å². The highest BCUT2D eigenvalue weighted by molar-refractivity contribution is 5.32. The van der Waals surface area contributed by atoms with Crippen molar-refractivity contribution in [3.63, 3.8) is 0 Å². The van der Waals surface area contributed by atoms with Gasteiger partial charge in [0.05, 0.1) is 6.61 Å². The fraction of sp³-hybridized carbons (Fsp3) is 0.600. The van der Waals surface area contributed by atoms with E-state index in [2.05, 4.69) is 43.9 Å². The first-order chi connectivity index (χ1) is 8.63. The van der Waals surface area contributed by atoms with Crippen molar-refractivity contribution >= 4 is 0 Å². The maximum absolute atomic E-state index is 5.96. The summed E-state index contributed by atoms with van der Waals surface area (Å²) < 4.78 is 5.17. The van der Waals surface area contributed by atoms with Crippen molar-refractivity contribution in [1.82, 2.24) is 4.90 Å². The molecule has 0 aliphatic rings. The molecule has 0 heterocycles. The molecule has 0 bridgehead atoms. The Morgan fingerprint density at radius 2 is 2.00 bits per heavy atom. The summed E-state index contributed by atoms with van der Waals surface area (Å²) in [5.41, 5.74) is 9.92. The predicted molar refractivity (Wildman–Crippen MR) is 76.8 cm³/mol. The molecule has 1 aromatic carbocycles. The average molecular weight is 250 g/mol. The highest BCUT2D eigenvalue weighted by Crippen LogP contribution is 2.21. The van der Waals surface area contributed by atoms with E-state index in [1.165, 1.54) is 16.7 Å². The lowest BCUT2D eigenvalue weighted by molar-refractivity contribution is 0.125. The summed E-state index contributed by atoms with van der Waals surface area (Å²) >= 11 is 0. The van der Waals surface area contributed by atoms with Crippen LogP contribution in [0.25, 0.3) is 0 Å². The standard InChI is InChI=1S/C15H26N2O/c1-5-17(8-9-18-4)15(11-16)14-7-6-12(2)13(3)10-14/h6-7,10,15H,5,8-9,11,16H2,1-4H3. The van der Waals surface area contributed by atoms with Crippen LogP contribution in [-0.2, 0) is 4.74 Å². The van der Waals surface area contributed by atoms with Crippen molar-refractivity contribution in [3.05, 3.63) is 34.9 Å². The number of likely N-dealkylation sites (N-methyl/N-ethyl adjacent to an activating group) is 1. The van der Waals surface area contributed by atoms with Gasteiger partial charge in [-0.3, -0.25) is 4.90 Å². The Balaban J connectivity index is 2.88. The lowest BCUT2D eigenvalue weighted by Crippen LogP contribution is -2.36. The molecule has 1 unspecified atom stereocenters. The zero-order valence-corrected chi connectivity index (χ0v) is 12.1. The zero-order chi connectivity index (χ0) is 13.5. The molecule has 0 saturated heterocycles. The Labute approximate surface area is 111 Å². The molecule has 3 nitrogen and oxygen atoms in total. The lowest BCUT2D eigenvalue weighted by atomic mass is 10.00. The van der Waals surface area contributed by atoms with Crippen molar-refractivity contribution < 1.29 is 4.74 Å². The highest BCUT2D eigenvalue weighted by Gasteiger charge is 2.17. The minimum Gasteiger partial charge on any atom is -0.383 e. The van der Waals surface area contributed by atoms with Crippen LogP contribution in [0.3, 0.4) is 0 Å². The first-order valence-electron chi connectivity index (χ1n) is 6.64. The molecule has 0 fully saturated rings. The van der Waals surface area contributed by atoms with Crippen LogP contribution in [0.15, 0.2) is 18.2 Å². The zero-order valence-electron chi connectivity index (χ0n) is 12.1. The Kier molecular flexibility index (Phi) is 6.33. The van der Waals surface area contributed by atoms with Gasteiger partial charge in [-0.25, -0.2) is 0 Å². The first-order valence-corrected chi connectivity index (χ1v) is 6.64. The number of hydrogen-bond donors (Lipinski definition) is 1. The van der Waals surface area contributed by atoms with Gasteiger partial charge in [0, 0.05) is 26.2 Å². The number of rotatable bonds is 7. The fourth-order valence-electron chi connectivity index (χ4n) is 2.21. The molecule has 0 saturated carbocycles. The summed E-state index contributed by atoms with van der Waals surface area (Å²) in [5.74, 6) is 0. The smallest absolute Gasteiger partial charge is 0.0589 e. The van der Waals surface area contributed by atoms with Crippen LogP contribution in [-0.4, -0.2) is 38.3 Å². The Hall–Kier alpha value is -0.900. The first kappa shape index (κ1) is 15.2. The normalized spacial score (nSPS) is 13.0. The summed E-state index contributed by atoms with van der Waals surface area (Å²) in [6, 6.07) is 6.90. The fourth-order valence-corrected chi connectivity index (χ4v) is 2.21. The van der Waals surface area contributed by atoms with Gasteiger partial charge in [-0.15, -0.1) is 0 Å². The number of aryl methyl sites for hydroxylation is 2. The monoisotopic (exact) mass is 250 g/mol. The van der Waals surface area contributed by atoms with Crippen LogP contribution in [0.2, 0.25) is 0 Å². The van der Waals surface area contributed by atoms with Crippen LogP contribution in [0.4, 0.5) is 0 Å². The van der Waals surface area contributed by atoms with Crippen molar-refractivity contribution in [3.8, 4) is 0 Å². The lowest BCUT2D eigenvalue weighted by Gasteiger charge is -2.30. The summed E-state index contributed by atoms with van der Waals surface area (Å²) in [7, 11) is 1.74. The van der Waals surface area contributed by atoms with E-state index < -0.39 is 0 Å². The van der Waals surface area contributed by atoms with Crippen molar-refractivity contribution in [2.75, 3.05) is 33.4 Å². The van der Waals surface area contributed by atoms with Gasteiger partial charge in [-0.05, 0) is 37.1 Å². The number of nitrogens with zero attached hydrogens (tertiary/aromatic N) is 1. The van der Waals surface area contributed by atoms with Gasteiger partial charge in [0.2, 0.25) is 0 Å². The molecule has 18 heavy (non-hydrogen) atoms. The largest absolute Gasteiger partial charge is 0.383 e. The molecule has 0 aliphatic carbocycles. The number of ether oxygens (including phenoxy) is 1. The molecule has 0 radical (unpaired) electrons. The predicted octanol–water partition coefficient (Wildman–Crippen LogP) is 2.27. The maximum atomic E-state index is 5.96. The summed E-state index contributed by atoms with van der Waals surface area (Å²) in [4.78, 5) is 2.37. The third-order valence-corrected chi connectivity index (χ3v) is 3.57. The van der Waals surface area contributed by atoms with Crippen molar-refractivity contribution in [2.45, 2.75) is 26.8 Å². The van der Waals surface area contributed by atoms with Crippen LogP contribution in [0.5, 0.6) is 0 Å². The van der Waals surface area contributed by atoms with E-state index in [4.69, 9.17) is 10.5 Å². The Bertz CT molecular complexity index is 366.